The summed E-state index contributed by atoms with van der Waals surface area (Å²) in [5.74, 6) is -0.122. The van der Waals surface area contributed by atoms with Crippen molar-refractivity contribution in [3.05, 3.63) is 33.8 Å². The molecule has 0 aromatic heterocycles. The van der Waals surface area contributed by atoms with Crippen LogP contribution in [-0.4, -0.2) is 25.0 Å². The second-order valence-corrected chi connectivity index (χ2v) is 5.05. The number of hydrogen-bond acceptors (Lipinski definition) is 2. The summed E-state index contributed by atoms with van der Waals surface area (Å²) >= 11 is 11.7. The number of piperidine rings is 1. The average molecular weight is 310 g/mol. The van der Waals surface area contributed by atoms with Gasteiger partial charge >= 0.3 is 0 Å². The van der Waals surface area contributed by atoms with Crippen LogP contribution in [0.2, 0.25) is 10.0 Å². The highest BCUT2D eigenvalue weighted by atomic mass is 35.5. The molecule has 2 N–H and O–H groups in total. The van der Waals surface area contributed by atoms with Gasteiger partial charge in [0.25, 0.3) is 5.91 Å². The minimum Gasteiger partial charge on any atom is -0.348 e. The quantitative estimate of drug-likeness (QED) is 0.882. The van der Waals surface area contributed by atoms with Crippen molar-refractivity contribution in [2.45, 2.75) is 18.9 Å². The smallest absolute Gasteiger partial charge is 0.251 e. The summed E-state index contributed by atoms with van der Waals surface area (Å²) in [4.78, 5) is 12.0. The number of halogens is 3. The van der Waals surface area contributed by atoms with E-state index in [9.17, 15) is 4.79 Å². The normalized spacial score (nSPS) is 18.9. The second-order valence-electron chi connectivity index (χ2n) is 4.17. The molecule has 1 aliphatic heterocycles. The molecule has 1 unspecified atom stereocenters. The van der Waals surface area contributed by atoms with Gasteiger partial charge in [0.05, 0.1) is 0 Å². The van der Waals surface area contributed by atoms with Gasteiger partial charge in [0.15, 0.2) is 0 Å². The summed E-state index contributed by atoms with van der Waals surface area (Å²) in [7, 11) is 0. The fourth-order valence-electron chi connectivity index (χ4n) is 1.93. The van der Waals surface area contributed by atoms with E-state index < -0.39 is 0 Å². The lowest BCUT2D eigenvalue weighted by molar-refractivity contribution is 0.0930. The van der Waals surface area contributed by atoms with Crippen LogP contribution in [0.5, 0.6) is 0 Å². The Morgan fingerprint density at radius 3 is 2.50 bits per heavy atom. The van der Waals surface area contributed by atoms with E-state index in [1.165, 1.54) is 0 Å². The Hall–Kier alpha value is -0.480. The van der Waals surface area contributed by atoms with Crippen LogP contribution in [0.1, 0.15) is 23.2 Å². The molecular weight excluding hydrogens is 295 g/mol. The first-order chi connectivity index (χ1) is 8.15. The third kappa shape index (κ3) is 4.32. The molecule has 1 amide bonds. The summed E-state index contributed by atoms with van der Waals surface area (Å²) in [6.45, 7) is 1.84. The SMILES string of the molecule is Cl.O=C(NC1CCCNC1)c1cc(Cl)cc(Cl)c1. The van der Waals surface area contributed by atoms with Gasteiger partial charge in [0.2, 0.25) is 0 Å². The third-order valence-corrected chi connectivity index (χ3v) is 3.19. The van der Waals surface area contributed by atoms with Crippen molar-refractivity contribution in [3.63, 3.8) is 0 Å². The van der Waals surface area contributed by atoms with Crippen LogP contribution < -0.4 is 10.6 Å². The second kappa shape index (κ2) is 7.19. The van der Waals surface area contributed by atoms with Gasteiger partial charge < -0.3 is 10.6 Å². The fraction of sp³-hybridized carbons (Fsp3) is 0.417. The van der Waals surface area contributed by atoms with E-state index in [2.05, 4.69) is 10.6 Å². The molecule has 0 bridgehead atoms. The molecule has 6 heteroatoms. The largest absolute Gasteiger partial charge is 0.348 e. The first-order valence-corrected chi connectivity index (χ1v) is 6.38. The lowest BCUT2D eigenvalue weighted by Gasteiger charge is -2.23. The molecule has 1 saturated heterocycles. The van der Waals surface area contributed by atoms with Crippen LogP contribution in [0.25, 0.3) is 0 Å². The number of carbonyl (C=O) groups is 1. The molecule has 3 nitrogen and oxygen atoms in total. The van der Waals surface area contributed by atoms with E-state index in [0.29, 0.717) is 15.6 Å². The zero-order chi connectivity index (χ0) is 12.3. The van der Waals surface area contributed by atoms with Gasteiger partial charge in [-0.15, -0.1) is 12.4 Å². The van der Waals surface area contributed by atoms with Crippen molar-refractivity contribution in [2.75, 3.05) is 13.1 Å². The third-order valence-electron chi connectivity index (χ3n) is 2.76. The molecule has 1 fully saturated rings. The van der Waals surface area contributed by atoms with Crippen molar-refractivity contribution in [1.29, 1.82) is 0 Å². The molecule has 0 saturated carbocycles. The Morgan fingerprint density at radius 2 is 1.94 bits per heavy atom. The van der Waals surface area contributed by atoms with E-state index in [-0.39, 0.29) is 24.4 Å². The lowest BCUT2D eigenvalue weighted by atomic mass is 10.1. The number of carbonyl (C=O) groups excluding carboxylic acids is 1. The minimum atomic E-state index is -0.122. The molecule has 1 atom stereocenters. The van der Waals surface area contributed by atoms with Gasteiger partial charge in [-0.05, 0) is 37.6 Å². The Balaban J connectivity index is 0.00000162. The molecule has 1 aromatic rings. The lowest BCUT2D eigenvalue weighted by Crippen LogP contribution is -2.45. The van der Waals surface area contributed by atoms with Crippen molar-refractivity contribution in [3.8, 4) is 0 Å². The predicted molar refractivity (Wildman–Crippen MR) is 77.1 cm³/mol. The van der Waals surface area contributed by atoms with Gasteiger partial charge in [-0.25, -0.2) is 0 Å². The molecule has 18 heavy (non-hydrogen) atoms. The maximum atomic E-state index is 12.0. The summed E-state index contributed by atoms with van der Waals surface area (Å²) in [5.41, 5.74) is 0.507. The topological polar surface area (TPSA) is 41.1 Å². The van der Waals surface area contributed by atoms with Gasteiger partial charge in [-0.1, -0.05) is 23.2 Å². The van der Waals surface area contributed by atoms with Crippen LogP contribution in [0.3, 0.4) is 0 Å². The van der Waals surface area contributed by atoms with Crippen molar-refractivity contribution in [2.24, 2.45) is 0 Å². The predicted octanol–water partition coefficient (Wildman–Crippen LogP) is 2.90. The molecule has 0 radical (unpaired) electrons. The zero-order valence-electron chi connectivity index (χ0n) is 9.71. The minimum absolute atomic E-state index is 0. The van der Waals surface area contributed by atoms with E-state index in [0.717, 1.165) is 25.9 Å². The maximum absolute atomic E-state index is 12.0. The van der Waals surface area contributed by atoms with E-state index in [4.69, 9.17) is 23.2 Å². The van der Waals surface area contributed by atoms with Gasteiger partial charge in [-0.2, -0.15) is 0 Å². The van der Waals surface area contributed by atoms with Crippen LogP contribution >= 0.6 is 35.6 Å². The Labute approximate surface area is 123 Å². The molecule has 1 aliphatic rings. The van der Waals surface area contributed by atoms with Crippen molar-refractivity contribution < 1.29 is 4.79 Å². The molecule has 0 spiro atoms. The standard InChI is InChI=1S/C12H14Cl2N2O.ClH/c13-9-4-8(5-10(14)6-9)12(17)16-11-2-1-3-15-7-11;/h4-6,11,15H,1-3,7H2,(H,16,17);1H. The monoisotopic (exact) mass is 308 g/mol. The Bertz CT molecular complexity index is 400. The van der Waals surface area contributed by atoms with Crippen LogP contribution in [-0.2, 0) is 0 Å². The summed E-state index contributed by atoms with van der Waals surface area (Å²) in [5, 5.41) is 7.17. The van der Waals surface area contributed by atoms with Crippen LogP contribution in [0, 0.1) is 0 Å². The Morgan fingerprint density at radius 1 is 1.28 bits per heavy atom. The molecule has 1 heterocycles. The highest BCUT2D eigenvalue weighted by molar-refractivity contribution is 6.35. The highest BCUT2D eigenvalue weighted by Crippen LogP contribution is 2.19. The van der Waals surface area contributed by atoms with E-state index in [1.54, 1.807) is 18.2 Å². The molecule has 1 aromatic carbocycles. The van der Waals surface area contributed by atoms with Gasteiger partial charge in [0.1, 0.15) is 0 Å². The first kappa shape index (κ1) is 15.6. The summed E-state index contributed by atoms with van der Waals surface area (Å²) in [6.07, 6.45) is 2.09. The maximum Gasteiger partial charge on any atom is 0.251 e. The van der Waals surface area contributed by atoms with Gasteiger partial charge in [0, 0.05) is 28.2 Å². The van der Waals surface area contributed by atoms with E-state index >= 15 is 0 Å². The average Bonchev–Trinajstić information content (AvgIpc) is 2.29. The number of nitrogens with one attached hydrogen (secondary N) is 2. The summed E-state index contributed by atoms with van der Waals surface area (Å²) < 4.78 is 0. The fourth-order valence-corrected chi connectivity index (χ4v) is 2.45. The van der Waals surface area contributed by atoms with E-state index in [1.807, 2.05) is 0 Å². The summed E-state index contributed by atoms with van der Waals surface area (Å²) in [6, 6.07) is 5.05. The van der Waals surface area contributed by atoms with Crippen molar-refractivity contribution in [1.82, 2.24) is 10.6 Å². The van der Waals surface area contributed by atoms with Crippen LogP contribution in [0.4, 0.5) is 0 Å². The number of benzene rings is 1. The molecule has 2 rings (SSSR count). The molecule has 0 aliphatic carbocycles. The van der Waals surface area contributed by atoms with Gasteiger partial charge in [-0.3, -0.25) is 4.79 Å². The molecule has 100 valence electrons. The zero-order valence-corrected chi connectivity index (χ0v) is 12.0. The van der Waals surface area contributed by atoms with Crippen LogP contribution in [0.15, 0.2) is 18.2 Å². The number of rotatable bonds is 2. The molecular formula is C12H15Cl3N2O. The number of hydrogen-bond donors (Lipinski definition) is 2. The Kier molecular flexibility index (Phi) is 6.22. The first-order valence-electron chi connectivity index (χ1n) is 5.63. The highest BCUT2D eigenvalue weighted by Gasteiger charge is 2.16. The van der Waals surface area contributed by atoms with Crippen molar-refractivity contribution >= 4 is 41.5 Å². The number of amides is 1.